The maximum atomic E-state index is 4.39. The summed E-state index contributed by atoms with van der Waals surface area (Å²) in [7, 11) is 0. The Hall–Kier alpha value is -1.12. The highest BCUT2D eigenvalue weighted by molar-refractivity contribution is 5.47. The van der Waals surface area contributed by atoms with Crippen LogP contribution in [0.4, 0.5) is 5.82 Å². The number of anilines is 1. The van der Waals surface area contributed by atoms with E-state index < -0.39 is 0 Å². The summed E-state index contributed by atoms with van der Waals surface area (Å²) < 4.78 is 0. The Morgan fingerprint density at radius 1 is 1.12 bits per heavy atom. The van der Waals surface area contributed by atoms with Gasteiger partial charge >= 0.3 is 0 Å². The lowest BCUT2D eigenvalue weighted by molar-refractivity contribution is 0.555. The lowest BCUT2D eigenvalue weighted by atomic mass is 9.96. The quantitative estimate of drug-likeness (QED) is 0.849. The Bertz CT molecular complexity index is 360. The van der Waals surface area contributed by atoms with E-state index in [9.17, 15) is 0 Å². The lowest BCUT2D eigenvalue weighted by Crippen LogP contribution is -2.24. The molecule has 1 aromatic heterocycles. The van der Waals surface area contributed by atoms with E-state index in [2.05, 4.69) is 36.1 Å². The molecule has 88 valence electrons. The SMILES string of the molecule is CC(C)C(C)Nc1ncnc2c1CCCC2. The molecular weight excluding hydrogens is 198 g/mol. The Balaban J connectivity index is 2.20. The number of aromatic nitrogens is 2. The molecule has 3 nitrogen and oxygen atoms in total. The zero-order valence-electron chi connectivity index (χ0n) is 10.5. The smallest absolute Gasteiger partial charge is 0.133 e. The molecule has 0 saturated heterocycles. The molecule has 0 amide bonds. The third-order valence-electron chi connectivity index (χ3n) is 3.49. The predicted octanol–water partition coefficient (Wildman–Crippen LogP) is 2.81. The van der Waals surface area contributed by atoms with Gasteiger partial charge in [0.25, 0.3) is 0 Å². The van der Waals surface area contributed by atoms with E-state index in [1.807, 2.05) is 0 Å². The molecule has 1 aliphatic rings. The molecule has 3 heteroatoms. The van der Waals surface area contributed by atoms with E-state index in [-0.39, 0.29) is 0 Å². The second kappa shape index (κ2) is 4.81. The van der Waals surface area contributed by atoms with Crippen LogP contribution in [0.5, 0.6) is 0 Å². The molecular formula is C13H21N3. The first-order chi connectivity index (χ1) is 7.68. The molecule has 1 heterocycles. The Kier molecular flexibility index (Phi) is 3.42. The second-order valence-electron chi connectivity index (χ2n) is 5.03. The summed E-state index contributed by atoms with van der Waals surface area (Å²) in [5.41, 5.74) is 2.60. The third-order valence-corrected chi connectivity index (χ3v) is 3.49. The van der Waals surface area contributed by atoms with Crippen LogP contribution in [0.2, 0.25) is 0 Å². The Morgan fingerprint density at radius 3 is 2.62 bits per heavy atom. The van der Waals surface area contributed by atoms with Crippen molar-refractivity contribution in [2.45, 2.75) is 52.5 Å². The number of hydrogen-bond donors (Lipinski definition) is 1. The maximum Gasteiger partial charge on any atom is 0.133 e. The van der Waals surface area contributed by atoms with Crippen LogP contribution >= 0.6 is 0 Å². The standard InChI is InChI=1S/C13H21N3/c1-9(2)10(3)16-13-11-6-4-5-7-12(11)14-8-15-13/h8-10H,4-7H2,1-3H3,(H,14,15,16). The summed E-state index contributed by atoms with van der Waals surface area (Å²) in [5, 5.41) is 3.52. The van der Waals surface area contributed by atoms with Gasteiger partial charge in [0.2, 0.25) is 0 Å². The van der Waals surface area contributed by atoms with E-state index >= 15 is 0 Å². The normalized spacial score (nSPS) is 17.0. The molecule has 0 bridgehead atoms. The zero-order chi connectivity index (χ0) is 11.5. The van der Waals surface area contributed by atoms with Gasteiger partial charge in [-0.3, -0.25) is 0 Å². The van der Waals surface area contributed by atoms with Crippen molar-refractivity contribution in [2.75, 3.05) is 5.32 Å². The summed E-state index contributed by atoms with van der Waals surface area (Å²) in [4.78, 5) is 8.77. The number of rotatable bonds is 3. The van der Waals surface area contributed by atoms with Crippen molar-refractivity contribution in [2.24, 2.45) is 5.92 Å². The van der Waals surface area contributed by atoms with Crippen molar-refractivity contribution in [1.82, 2.24) is 9.97 Å². The second-order valence-corrected chi connectivity index (χ2v) is 5.03. The number of nitrogens with one attached hydrogen (secondary N) is 1. The van der Waals surface area contributed by atoms with E-state index in [0.717, 1.165) is 18.7 Å². The van der Waals surface area contributed by atoms with Crippen LogP contribution in [-0.2, 0) is 12.8 Å². The van der Waals surface area contributed by atoms with Gasteiger partial charge in [0.15, 0.2) is 0 Å². The highest BCUT2D eigenvalue weighted by Gasteiger charge is 2.17. The van der Waals surface area contributed by atoms with E-state index in [4.69, 9.17) is 0 Å². The highest BCUT2D eigenvalue weighted by atomic mass is 15.0. The van der Waals surface area contributed by atoms with Crippen LogP contribution in [0.15, 0.2) is 6.33 Å². The average molecular weight is 219 g/mol. The summed E-state index contributed by atoms with van der Waals surface area (Å²) in [6.45, 7) is 6.67. The molecule has 0 spiro atoms. The predicted molar refractivity (Wildman–Crippen MR) is 66.6 cm³/mol. The van der Waals surface area contributed by atoms with Gasteiger partial charge in [-0.15, -0.1) is 0 Å². The van der Waals surface area contributed by atoms with Gasteiger partial charge in [0, 0.05) is 17.3 Å². The first-order valence-corrected chi connectivity index (χ1v) is 6.27. The number of aryl methyl sites for hydroxylation is 1. The van der Waals surface area contributed by atoms with Gasteiger partial charge in [-0.1, -0.05) is 13.8 Å². The largest absolute Gasteiger partial charge is 0.367 e. The molecule has 0 saturated carbocycles. The molecule has 0 aromatic carbocycles. The fourth-order valence-electron chi connectivity index (χ4n) is 2.03. The number of nitrogens with zero attached hydrogens (tertiary/aromatic N) is 2. The van der Waals surface area contributed by atoms with Gasteiger partial charge < -0.3 is 5.32 Å². The van der Waals surface area contributed by atoms with E-state index in [1.54, 1.807) is 6.33 Å². The molecule has 1 aliphatic carbocycles. The first-order valence-electron chi connectivity index (χ1n) is 6.27. The zero-order valence-corrected chi connectivity index (χ0v) is 10.5. The van der Waals surface area contributed by atoms with Crippen LogP contribution in [-0.4, -0.2) is 16.0 Å². The van der Waals surface area contributed by atoms with Crippen LogP contribution in [0.25, 0.3) is 0 Å². The molecule has 1 aromatic rings. The average Bonchev–Trinajstić information content (AvgIpc) is 2.29. The van der Waals surface area contributed by atoms with Crippen molar-refractivity contribution in [3.05, 3.63) is 17.6 Å². The molecule has 1 atom stereocenters. The van der Waals surface area contributed by atoms with Gasteiger partial charge in [0.1, 0.15) is 12.1 Å². The van der Waals surface area contributed by atoms with Crippen molar-refractivity contribution in [3.63, 3.8) is 0 Å². The molecule has 0 fully saturated rings. The van der Waals surface area contributed by atoms with Crippen LogP contribution in [0.1, 0.15) is 44.9 Å². The van der Waals surface area contributed by atoms with Crippen LogP contribution < -0.4 is 5.32 Å². The maximum absolute atomic E-state index is 4.39. The minimum atomic E-state index is 0.459. The monoisotopic (exact) mass is 219 g/mol. The molecule has 0 aliphatic heterocycles. The summed E-state index contributed by atoms with van der Waals surface area (Å²) in [5.74, 6) is 1.68. The van der Waals surface area contributed by atoms with Gasteiger partial charge in [0.05, 0.1) is 0 Å². The summed E-state index contributed by atoms with van der Waals surface area (Å²) in [6, 6.07) is 0.459. The fourth-order valence-corrected chi connectivity index (χ4v) is 2.03. The van der Waals surface area contributed by atoms with Crippen molar-refractivity contribution in [3.8, 4) is 0 Å². The van der Waals surface area contributed by atoms with Crippen molar-refractivity contribution in [1.29, 1.82) is 0 Å². The molecule has 16 heavy (non-hydrogen) atoms. The van der Waals surface area contributed by atoms with Crippen molar-refractivity contribution < 1.29 is 0 Å². The molecule has 0 radical (unpaired) electrons. The molecule has 1 N–H and O–H groups in total. The van der Waals surface area contributed by atoms with Gasteiger partial charge in [-0.25, -0.2) is 9.97 Å². The van der Waals surface area contributed by atoms with Crippen LogP contribution in [0, 0.1) is 5.92 Å². The lowest BCUT2D eigenvalue weighted by Gasteiger charge is -2.22. The van der Waals surface area contributed by atoms with Crippen molar-refractivity contribution >= 4 is 5.82 Å². The topological polar surface area (TPSA) is 37.8 Å². The highest BCUT2D eigenvalue weighted by Crippen LogP contribution is 2.25. The van der Waals surface area contributed by atoms with Gasteiger partial charge in [-0.2, -0.15) is 0 Å². The third kappa shape index (κ3) is 2.34. The van der Waals surface area contributed by atoms with Crippen LogP contribution in [0.3, 0.4) is 0 Å². The summed E-state index contributed by atoms with van der Waals surface area (Å²) in [6.07, 6.45) is 6.47. The molecule has 2 rings (SSSR count). The Labute approximate surface area is 97.7 Å². The van der Waals surface area contributed by atoms with E-state index in [1.165, 1.54) is 24.1 Å². The fraction of sp³-hybridized carbons (Fsp3) is 0.692. The number of fused-ring (bicyclic) bond motifs is 1. The first kappa shape index (κ1) is 11.4. The number of hydrogen-bond acceptors (Lipinski definition) is 3. The summed E-state index contributed by atoms with van der Waals surface area (Å²) >= 11 is 0. The van der Waals surface area contributed by atoms with Gasteiger partial charge in [-0.05, 0) is 38.5 Å². The van der Waals surface area contributed by atoms with E-state index in [0.29, 0.717) is 12.0 Å². The minimum absolute atomic E-state index is 0.459. The Morgan fingerprint density at radius 2 is 1.88 bits per heavy atom. The minimum Gasteiger partial charge on any atom is -0.367 e. The molecule has 1 unspecified atom stereocenters.